The molecule has 0 spiro atoms. The molecule has 0 bridgehead atoms. The Balaban J connectivity index is 1.29. The Morgan fingerprint density at radius 1 is 1.28 bits per heavy atom. The molecule has 4 aromatic rings. The molecule has 0 radical (unpaired) electrons. The Hall–Kier alpha value is -3.63. The van der Waals surface area contributed by atoms with Crippen molar-refractivity contribution in [3.63, 3.8) is 0 Å². The molecule has 1 aliphatic rings. The smallest absolute Gasteiger partial charge is 0.230 e. The Morgan fingerprint density at radius 3 is 3.03 bits per heavy atom. The maximum atomic E-state index is 12.3. The van der Waals surface area contributed by atoms with Crippen LogP contribution in [-0.2, 0) is 24.8 Å². The molecule has 1 aromatic carbocycles. The molecule has 9 nitrogen and oxygen atoms in total. The van der Waals surface area contributed by atoms with Gasteiger partial charge >= 0.3 is 0 Å². The van der Waals surface area contributed by atoms with E-state index in [-0.39, 0.29) is 12.3 Å². The van der Waals surface area contributed by atoms with Crippen LogP contribution in [0.3, 0.4) is 0 Å². The topological polar surface area (TPSA) is 110 Å². The number of anilines is 3. The summed E-state index contributed by atoms with van der Waals surface area (Å²) in [6, 6.07) is 7.51. The number of carbonyl (C=O) groups is 1. The van der Waals surface area contributed by atoms with E-state index in [9.17, 15) is 4.79 Å². The average molecular weight is 465 g/mol. The highest BCUT2D eigenvalue weighted by Crippen LogP contribution is 2.35. The van der Waals surface area contributed by atoms with Crippen LogP contribution >= 0.6 is 22.9 Å². The van der Waals surface area contributed by atoms with Gasteiger partial charge in [-0.05, 0) is 29.3 Å². The summed E-state index contributed by atoms with van der Waals surface area (Å²) in [6.07, 6.45) is 7.10. The van der Waals surface area contributed by atoms with Gasteiger partial charge in [0.15, 0.2) is 0 Å². The number of aromatic nitrogens is 5. The number of aryl methyl sites for hydroxylation is 1. The second-order valence-electron chi connectivity index (χ2n) is 7.18. The number of carbonyl (C=O) groups excluding carboxylic acids is 1. The first-order valence-corrected chi connectivity index (χ1v) is 10.9. The summed E-state index contributed by atoms with van der Waals surface area (Å²) in [6.45, 7) is 0.654. The first-order chi connectivity index (χ1) is 15.5. The lowest BCUT2D eigenvalue weighted by molar-refractivity contribution is -0.115. The van der Waals surface area contributed by atoms with Gasteiger partial charge in [-0.2, -0.15) is 5.10 Å². The van der Waals surface area contributed by atoms with Gasteiger partial charge in [0.2, 0.25) is 11.0 Å². The zero-order chi connectivity index (χ0) is 22.1. The normalized spacial score (nSPS) is 12.1. The SMILES string of the molecule is Cn1cc(CC(=O)Nc2cc(-c3nnc(Nc4ccc5c(c4Cl)C=NC5)s3)ccn2)cn1. The third-order valence-electron chi connectivity index (χ3n) is 4.82. The highest BCUT2D eigenvalue weighted by atomic mass is 35.5. The number of nitrogens with one attached hydrogen (secondary N) is 2. The molecule has 0 saturated carbocycles. The van der Waals surface area contributed by atoms with E-state index >= 15 is 0 Å². The lowest BCUT2D eigenvalue weighted by Gasteiger charge is -2.08. The van der Waals surface area contributed by atoms with Crippen molar-refractivity contribution in [1.82, 2.24) is 25.0 Å². The number of hydrogen-bond donors (Lipinski definition) is 2. The van der Waals surface area contributed by atoms with Gasteiger partial charge in [-0.1, -0.05) is 29.0 Å². The van der Waals surface area contributed by atoms with E-state index in [4.69, 9.17) is 11.6 Å². The van der Waals surface area contributed by atoms with E-state index in [0.29, 0.717) is 27.5 Å². The predicted molar refractivity (Wildman–Crippen MR) is 125 cm³/mol. The number of halogens is 1. The van der Waals surface area contributed by atoms with Crippen LogP contribution < -0.4 is 10.6 Å². The van der Waals surface area contributed by atoms with E-state index in [2.05, 4.69) is 35.9 Å². The minimum Gasteiger partial charge on any atom is -0.329 e. The van der Waals surface area contributed by atoms with Gasteiger partial charge in [-0.15, -0.1) is 10.2 Å². The zero-order valence-corrected chi connectivity index (χ0v) is 18.5. The highest BCUT2D eigenvalue weighted by Gasteiger charge is 2.16. The van der Waals surface area contributed by atoms with Gasteiger partial charge in [-0.25, -0.2) is 4.98 Å². The van der Waals surface area contributed by atoms with Crippen LogP contribution in [0.15, 0.2) is 47.8 Å². The van der Waals surface area contributed by atoms with Crippen LogP contribution in [-0.4, -0.2) is 37.1 Å². The second-order valence-corrected chi connectivity index (χ2v) is 8.54. The molecular formula is C21H17ClN8OS. The molecule has 0 saturated heterocycles. The summed E-state index contributed by atoms with van der Waals surface area (Å²) in [7, 11) is 1.81. The Labute approximate surface area is 192 Å². The lowest BCUT2D eigenvalue weighted by Crippen LogP contribution is -2.15. The van der Waals surface area contributed by atoms with Crippen LogP contribution in [0, 0.1) is 0 Å². The van der Waals surface area contributed by atoms with E-state index < -0.39 is 0 Å². The molecule has 1 aliphatic heterocycles. The molecule has 4 heterocycles. The predicted octanol–water partition coefficient (Wildman–Crippen LogP) is 3.84. The van der Waals surface area contributed by atoms with Crippen molar-refractivity contribution in [2.75, 3.05) is 10.6 Å². The highest BCUT2D eigenvalue weighted by molar-refractivity contribution is 7.18. The first kappa shape index (κ1) is 20.3. The number of rotatable bonds is 6. The van der Waals surface area contributed by atoms with Crippen LogP contribution in [0.5, 0.6) is 0 Å². The molecule has 3 aromatic heterocycles. The zero-order valence-electron chi connectivity index (χ0n) is 16.9. The summed E-state index contributed by atoms with van der Waals surface area (Å²) in [4.78, 5) is 20.8. The van der Waals surface area contributed by atoms with Crippen molar-refractivity contribution in [1.29, 1.82) is 0 Å². The van der Waals surface area contributed by atoms with Crippen molar-refractivity contribution in [3.8, 4) is 10.6 Å². The van der Waals surface area contributed by atoms with E-state index in [1.807, 2.05) is 25.2 Å². The Morgan fingerprint density at radius 2 is 2.19 bits per heavy atom. The van der Waals surface area contributed by atoms with Crippen LogP contribution in [0.25, 0.3) is 10.6 Å². The lowest BCUT2D eigenvalue weighted by atomic mass is 10.1. The van der Waals surface area contributed by atoms with Gasteiger partial charge in [0.05, 0.1) is 29.9 Å². The molecule has 5 rings (SSSR count). The fourth-order valence-corrected chi connectivity index (χ4v) is 4.35. The summed E-state index contributed by atoms with van der Waals surface area (Å²) >= 11 is 7.88. The molecule has 32 heavy (non-hydrogen) atoms. The minimum atomic E-state index is -0.169. The van der Waals surface area contributed by atoms with Gasteiger partial charge in [0.25, 0.3) is 0 Å². The maximum absolute atomic E-state index is 12.3. The monoisotopic (exact) mass is 464 g/mol. The second kappa shape index (κ2) is 8.48. The van der Waals surface area contributed by atoms with E-state index in [1.54, 1.807) is 35.6 Å². The van der Waals surface area contributed by atoms with Gasteiger partial charge < -0.3 is 10.6 Å². The van der Waals surface area contributed by atoms with E-state index in [1.165, 1.54) is 11.3 Å². The van der Waals surface area contributed by atoms with Gasteiger partial charge in [0, 0.05) is 36.8 Å². The summed E-state index contributed by atoms with van der Waals surface area (Å²) in [5.74, 6) is 0.277. The molecule has 0 atom stereocenters. The van der Waals surface area contributed by atoms with Crippen LogP contribution in [0.2, 0.25) is 5.02 Å². The van der Waals surface area contributed by atoms with Crippen molar-refractivity contribution in [2.24, 2.45) is 12.0 Å². The first-order valence-electron chi connectivity index (χ1n) is 9.71. The fraction of sp³-hybridized carbons (Fsp3) is 0.143. The Bertz CT molecular complexity index is 1350. The average Bonchev–Trinajstić information content (AvgIpc) is 3.52. The quantitative estimate of drug-likeness (QED) is 0.448. The van der Waals surface area contributed by atoms with E-state index in [0.717, 1.165) is 27.9 Å². The molecule has 11 heteroatoms. The van der Waals surface area contributed by atoms with Crippen LogP contribution in [0.1, 0.15) is 16.7 Å². The molecular weight excluding hydrogens is 448 g/mol. The third-order valence-corrected chi connectivity index (χ3v) is 6.11. The third kappa shape index (κ3) is 4.23. The van der Waals surface area contributed by atoms with Crippen molar-refractivity contribution >= 4 is 51.7 Å². The summed E-state index contributed by atoms with van der Waals surface area (Å²) in [5, 5.41) is 20.5. The Kier molecular flexibility index (Phi) is 5.38. The maximum Gasteiger partial charge on any atom is 0.230 e. The number of hydrogen-bond acceptors (Lipinski definition) is 8. The van der Waals surface area contributed by atoms with Gasteiger partial charge in [-0.3, -0.25) is 14.5 Å². The molecule has 0 unspecified atom stereocenters. The molecule has 0 fully saturated rings. The van der Waals surface area contributed by atoms with Crippen molar-refractivity contribution < 1.29 is 4.79 Å². The van der Waals surface area contributed by atoms with Gasteiger partial charge in [0.1, 0.15) is 10.8 Å². The fourth-order valence-electron chi connectivity index (χ4n) is 3.32. The van der Waals surface area contributed by atoms with Crippen LogP contribution in [0.4, 0.5) is 16.6 Å². The summed E-state index contributed by atoms with van der Waals surface area (Å²) < 4.78 is 1.66. The minimum absolute atomic E-state index is 0.169. The summed E-state index contributed by atoms with van der Waals surface area (Å²) in [5.41, 5.74) is 4.42. The number of pyridine rings is 1. The molecule has 1 amide bonds. The molecule has 160 valence electrons. The number of nitrogens with zero attached hydrogens (tertiary/aromatic N) is 6. The molecule has 2 N–H and O–H groups in total. The molecule has 0 aliphatic carbocycles. The van der Waals surface area contributed by atoms with Crippen molar-refractivity contribution in [3.05, 3.63) is 64.6 Å². The number of amides is 1. The number of fused-ring (bicyclic) bond motifs is 1. The standard InChI is InChI=1S/C21H17ClN8OS/c1-30-11-12(8-25-30)6-18(31)27-17-7-13(4-5-24-17)20-28-29-21(32-20)26-16-3-2-14-9-23-10-15(14)19(16)22/h2-5,7-8,10-11H,6,9H2,1H3,(H,26,29)(H,24,27,31). The van der Waals surface area contributed by atoms with Crippen molar-refractivity contribution in [2.45, 2.75) is 13.0 Å². The number of benzene rings is 1. The largest absolute Gasteiger partial charge is 0.329 e. The number of aliphatic imine (C=N–C) groups is 1.